The number of aromatic amines is 2. The van der Waals surface area contributed by atoms with Gasteiger partial charge in [-0.05, 0) is 19.1 Å². The molecule has 1 atom stereocenters. The van der Waals surface area contributed by atoms with E-state index in [1.165, 1.54) is 18.3 Å². The van der Waals surface area contributed by atoms with Crippen molar-refractivity contribution in [1.82, 2.24) is 36.1 Å². The van der Waals surface area contributed by atoms with Crippen LogP contribution in [0.15, 0.2) is 30.5 Å². The number of carbonyl (C=O) groups excluding carboxylic acids is 1. The lowest BCUT2D eigenvalue weighted by atomic mass is 10.1. The van der Waals surface area contributed by atoms with Crippen molar-refractivity contribution in [3.05, 3.63) is 47.7 Å². The van der Waals surface area contributed by atoms with Crippen LogP contribution in [0.1, 0.15) is 29.1 Å². The van der Waals surface area contributed by atoms with Crippen molar-refractivity contribution < 1.29 is 9.18 Å². The van der Waals surface area contributed by atoms with Crippen molar-refractivity contribution in [2.24, 2.45) is 0 Å². The third-order valence-electron chi connectivity index (χ3n) is 3.09. The highest BCUT2D eigenvalue weighted by Gasteiger charge is 2.19. The average Bonchev–Trinajstić information content (AvgIpc) is 3.18. The molecule has 112 valence electrons. The molecule has 0 radical (unpaired) electrons. The lowest BCUT2D eigenvalue weighted by Crippen LogP contribution is -2.27. The molecule has 9 heteroatoms. The van der Waals surface area contributed by atoms with E-state index in [1.54, 1.807) is 19.1 Å². The van der Waals surface area contributed by atoms with Gasteiger partial charge in [-0.1, -0.05) is 17.3 Å². The van der Waals surface area contributed by atoms with Gasteiger partial charge in [-0.3, -0.25) is 9.89 Å². The number of H-pyrrole nitrogens is 2. The molecule has 0 aliphatic rings. The van der Waals surface area contributed by atoms with E-state index in [1.807, 2.05) is 0 Å². The van der Waals surface area contributed by atoms with E-state index < -0.39 is 11.9 Å². The zero-order chi connectivity index (χ0) is 15.5. The molecule has 3 rings (SSSR count). The minimum Gasteiger partial charge on any atom is -0.342 e. The summed E-state index contributed by atoms with van der Waals surface area (Å²) in [6.07, 6.45) is 1.39. The second-order valence-corrected chi connectivity index (χ2v) is 4.63. The van der Waals surface area contributed by atoms with E-state index in [4.69, 9.17) is 0 Å². The first-order valence-corrected chi connectivity index (χ1v) is 6.48. The van der Waals surface area contributed by atoms with Crippen LogP contribution in [0.3, 0.4) is 0 Å². The smallest absolute Gasteiger partial charge is 0.255 e. The number of rotatable bonds is 4. The molecule has 0 aliphatic heterocycles. The van der Waals surface area contributed by atoms with Crippen molar-refractivity contribution in [2.75, 3.05) is 0 Å². The number of nitrogens with one attached hydrogen (secondary N) is 3. The van der Waals surface area contributed by atoms with E-state index in [2.05, 4.69) is 36.1 Å². The van der Waals surface area contributed by atoms with Crippen LogP contribution in [-0.2, 0) is 0 Å². The molecule has 2 aromatic heterocycles. The summed E-state index contributed by atoms with van der Waals surface area (Å²) in [6.45, 7) is 1.73. The monoisotopic (exact) mass is 301 g/mol. The van der Waals surface area contributed by atoms with Crippen molar-refractivity contribution in [3.63, 3.8) is 0 Å². The van der Waals surface area contributed by atoms with Crippen LogP contribution in [0, 0.1) is 5.82 Å². The number of nitrogens with zero attached hydrogens (tertiary/aromatic N) is 4. The average molecular weight is 301 g/mol. The van der Waals surface area contributed by atoms with E-state index in [0.717, 1.165) is 0 Å². The van der Waals surface area contributed by atoms with Crippen molar-refractivity contribution in [3.8, 4) is 11.3 Å². The van der Waals surface area contributed by atoms with Crippen LogP contribution >= 0.6 is 0 Å². The highest BCUT2D eigenvalue weighted by Crippen LogP contribution is 2.22. The van der Waals surface area contributed by atoms with Crippen LogP contribution in [0.2, 0.25) is 0 Å². The van der Waals surface area contributed by atoms with Crippen LogP contribution < -0.4 is 5.32 Å². The summed E-state index contributed by atoms with van der Waals surface area (Å²) in [5.74, 6) is -0.395. The Morgan fingerprint density at radius 1 is 1.41 bits per heavy atom. The van der Waals surface area contributed by atoms with Gasteiger partial charge >= 0.3 is 0 Å². The fraction of sp³-hybridized carbons (Fsp3) is 0.154. The normalized spacial score (nSPS) is 12.1. The summed E-state index contributed by atoms with van der Waals surface area (Å²) in [4.78, 5) is 12.3. The van der Waals surface area contributed by atoms with Gasteiger partial charge in [0, 0.05) is 5.56 Å². The SMILES string of the molecule is C[C@@H](NC(=O)c1cn[nH]c1-c1cccc(F)c1)c1nn[nH]n1. The molecule has 8 nitrogen and oxygen atoms in total. The summed E-state index contributed by atoms with van der Waals surface area (Å²) < 4.78 is 13.3. The number of benzene rings is 1. The number of hydrogen-bond acceptors (Lipinski definition) is 5. The number of aromatic nitrogens is 6. The summed E-state index contributed by atoms with van der Waals surface area (Å²) in [5.41, 5.74) is 1.29. The Bertz CT molecular complexity index is 783. The lowest BCUT2D eigenvalue weighted by molar-refractivity contribution is 0.0939. The molecule has 3 N–H and O–H groups in total. The third-order valence-corrected chi connectivity index (χ3v) is 3.09. The highest BCUT2D eigenvalue weighted by molar-refractivity contribution is 5.99. The molecule has 0 saturated heterocycles. The highest BCUT2D eigenvalue weighted by atomic mass is 19.1. The van der Waals surface area contributed by atoms with Crippen LogP contribution in [-0.4, -0.2) is 36.7 Å². The summed E-state index contributed by atoms with van der Waals surface area (Å²) in [7, 11) is 0. The van der Waals surface area contributed by atoms with E-state index in [9.17, 15) is 9.18 Å². The number of amides is 1. The molecule has 3 aromatic rings. The van der Waals surface area contributed by atoms with Crippen molar-refractivity contribution in [2.45, 2.75) is 13.0 Å². The number of carbonyl (C=O) groups is 1. The van der Waals surface area contributed by atoms with Crippen molar-refractivity contribution in [1.29, 1.82) is 0 Å². The molecular weight excluding hydrogens is 289 g/mol. The minimum atomic E-state index is -0.429. The number of tetrazole rings is 1. The molecule has 2 heterocycles. The van der Waals surface area contributed by atoms with Gasteiger partial charge in [-0.15, -0.1) is 10.2 Å². The fourth-order valence-corrected chi connectivity index (χ4v) is 2.01. The third kappa shape index (κ3) is 2.68. The van der Waals surface area contributed by atoms with Gasteiger partial charge in [0.1, 0.15) is 5.82 Å². The Morgan fingerprint density at radius 3 is 3.00 bits per heavy atom. The molecule has 1 aromatic carbocycles. The van der Waals surface area contributed by atoms with Gasteiger partial charge in [-0.2, -0.15) is 10.3 Å². The molecule has 0 spiro atoms. The van der Waals surface area contributed by atoms with Crippen LogP contribution in [0.4, 0.5) is 4.39 Å². The lowest BCUT2D eigenvalue weighted by Gasteiger charge is -2.10. The van der Waals surface area contributed by atoms with E-state index in [-0.39, 0.29) is 5.91 Å². The Morgan fingerprint density at radius 2 is 2.27 bits per heavy atom. The van der Waals surface area contributed by atoms with Crippen molar-refractivity contribution >= 4 is 5.91 Å². The molecule has 0 unspecified atom stereocenters. The summed E-state index contributed by atoms with van der Waals surface area (Å²) in [6, 6.07) is 5.48. The Labute approximate surface area is 124 Å². The quantitative estimate of drug-likeness (QED) is 0.670. The van der Waals surface area contributed by atoms with Gasteiger partial charge in [0.15, 0.2) is 5.82 Å². The van der Waals surface area contributed by atoms with Gasteiger partial charge < -0.3 is 5.32 Å². The topological polar surface area (TPSA) is 112 Å². The zero-order valence-corrected chi connectivity index (χ0v) is 11.5. The van der Waals surface area contributed by atoms with Crippen LogP contribution in [0.5, 0.6) is 0 Å². The van der Waals surface area contributed by atoms with Gasteiger partial charge in [0.05, 0.1) is 23.5 Å². The summed E-state index contributed by atoms with van der Waals surface area (Å²) >= 11 is 0. The Hall–Kier alpha value is -3.10. The second kappa shape index (κ2) is 5.72. The maximum absolute atomic E-state index is 13.3. The number of hydrogen-bond donors (Lipinski definition) is 3. The first-order valence-electron chi connectivity index (χ1n) is 6.48. The van der Waals surface area contributed by atoms with Gasteiger partial charge in [-0.25, -0.2) is 4.39 Å². The standard InChI is InChI=1S/C13H12FN7O/c1-7(12-18-20-21-19-12)16-13(22)10-6-15-17-11(10)8-3-2-4-9(14)5-8/h2-7H,1H3,(H,15,17)(H,16,22)(H,18,19,20,21)/t7-/m1/s1. The van der Waals surface area contributed by atoms with E-state index >= 15 is 0 Å². The molecule has 22 heavy (non-hydrogen) atoms. The minimum absolute atomic E-state index is 0.306. The van der Waals surface area contributed by atoms with Crippen LogP contribution in [0.25, 0.3) is 11.3 Å². The maximum Gasteiger partial charge on any atom is 0.255 e. The predicted molar refractivity (Wildman–Crippen MR) is 74.0 cm³/mol. The molecule has 1 amide bonds. The summed E-state index contributed by atoms with van der Waals surface area (Å²) in [5, 5.41) is 22.7. The number of halogens is 1. The Kier molecular flexibility index (Phi) is 3.60. The molecule has 0 saturated carbocycles. The first kappa shape index (κ1) is 13.9. The maximum atomic E-state index is 13.3. The first-order chi connectivity index (χ1) is 10.6. The van der Waals surface area contributed by atoms with Gasteiger partial charge in [0.2, 0.25) is 0 Å². The molecule has 0 aliphatic carbocycles. The molecule has 0 fully saturated rings. The van der Waals surface area contributed by atoms with E-state index in [0.29, 0.717) is 22.6 Å². The zero-order valence-electron chi connectivity index (χ0n) is 11.5. The molecule has 0 bridgehead atoms. The fourth-order valence-electron chi connectivity index (χ4n) is 2.01. The van der Waals surface area contributed by atoms with Gasteiger partial charge in [0.25, 0.3) is 5.91 Å². The largest absolute Gasteiger partial charge is 0.342 e. The second-order valence-electron chi connectivity index (χ2n) is 4.63. The molecular formula is C13H12FN7O. The Balaban J connectivity index is 1.84. The predicted octanol–water partition coefficient (Wildman–Crippen LogP) is 1.22.